The number of nitrogens with two attached hydrogens (primary N) is 1. The molecule has 66 valence electrons. The molecular formula is C8H11BrN2O. The van der Waals surface area contributed by atoms with Gasteiger partial charge in [0.05, 0.1) is 0 Å². The van der Waals surface area contributed by atoms with E-state index in [1.807, 2.05) is 12.1 Å². The Kier molecular flexibility index (Phi) is 3.65. The second kappa shape index (κ2) is 4.54. The molecule has 12 heavy (non-hydrogen) atoms. The van der Waals surface area contributed by atoms with Crippen molar-refractivity contribution < 1.29 is 5.11 Å². The van der Waals surface area contributed by atoms with Crippen LogP contribution in [0.15, 0.2) is 22.9 Å². The fourth-order valence-electron chi connectivity index (χ4n) is 0.954. The molecule has 0 aliphatic carbocycles. The smallest absolute Gasteiger partial charge is 0.106 e. The zero-order chi connectivity index (χ0) is 8.97. The number of pyridine rings is 1. The average molecular weight is 231 g/mol. The number of rotatable bonds is 3. The van der Waals surface area contributed by atoms with Crippen molar-refractivity contribution in [2.24, 2.45) is 5.73 Å². The third-order valence-corrected chi connectivity index (χ3v) is 2.05. The lowest BCUT2D eigenvalue weighted by Crippen LogP contribution is -2.11. The van der Waals surface area contributed by atoms with Crippen molar-refractivity contribution >= 4 is 15.9 Å². The SMILES string of the molecule is NC(CCO)c1ccnc(Br)c1. The zero-order valence-corrected chi connectivity index (χ0v) is 8.16. The van der Waals surface area contributed by atoms with Gasteiger partial charge in [-0.1, -0.05) is 0 Å². The van der Waals surface area contributed by atoms with Gasteiger partial charge in [0.15, 0.2) is 0 Å². The van der Waals surface area contributed by atoms with Crippen LogP contribution in [0.1, 0.15) is 18.0 Å². The van der Waals surface area contributed by atoms with Gasteiger partial charge in [0.1, 0.15) is 4.60 Å². The van der Waals surface area contributed by atoms with Gasteiger partial charge in [-0.2, -0.15) is 0 Å². The summed E-state index contributed by atoms with van der Waals surface area (Å²) in [4.78, 5) is 3.98. The molecule has 0 aliphatic rings. The van der Waals surface area contributed by atoms with Crippen molar-refractivity contribution in [2.75, 3.05) is 6.61 Å². The first-order valence-corrected chi connectivity index (χ1v) is 4.51. The minimum Gasteiger partial charge on any atom is -0.396 e. The van der Waals surface area contributed by atoms with Crippen molar-refractivity contribution in [3.63, 3.8) is 0 Å². The number of aliphatic hydroxyl groups excluding tert-OH is 1. The number of hydrogen-bond acceptors (Lipinski definition) is 3. The van der Waals surface area contributed by atoms with Crippen LogP contribution in [0.3, 0.4) is 0 Å². The van der Waals surface area contributed by atoms with Gasteiger partial charge >= 0.3 is 0 Å². The monoisotopic (exact) mass is 230 g/mol. The van der Waals surface area contributed by atoms with Crippen LogP contribution in [0.4, 0.5) is 0 Å². The third kappa shape index (κ3) is 2.55. The van der Waals surface area contributed by atoms with Gasteiger partial charge < -0.3 is 10.8 Å². The van der Waals surface area contributed by atoms with Gasteiger partial charge in [-0.25, -0.2) is 4.98 Å². The van der Waals surface area contributed by atoms with Gasteiger partial charge in [0, 0.05) is 18.8 Å². The van der Waals surface area contributed by atoms with E-state index < -0.39 is 0 Å². The lowest BCUT2D eigenvalue weighted by atomic mass is 10.1. The number of hydrogen-bond donors (Lipinski definition) is 2. The summed E-state index contributed by atoms with van der Waals surface area (Å²) in [5.74, 6) is 0. The molecule has 1 atom stereocenters. The highest BCUT2D eigenvalue weighted by molar-refractivity contribution is 9.10. The Morgan fingerprint density at radius 1 is 1.67 bits per heavy atom. The molecule has 0 radical (unpaired) electrons. The predicted molar refractivity (Wildman–Crippen MR) is 50.6 cm³/mol. The van der Waals surface area contributed by atoms with Crippen LogP contribution < -0.4 is 5.73 Å². The highest BCUT2D eigenvalue weighted by Crippen LogP contribution is 2.16. The third-order valence-electron chi connectivity index (χ3n) is 1.62. The topological polar surface area (TPSA) is 59.1 Å². The highest BCUT2D eigenvalue weighted by Gasteiger charge is 2.04. The Bertz CT molecular complexity index is 255. The number of aromatic nitrogens is 1. The predicted octanol–water partition coefficient (Wildman–Crippen LogP) is 1.23. The molecule has 0 amide bonds. The van der Waals surface area contributed by atoms with Crippen LogP contribution in [-0.2, 0) is 0 Å². The van der Waals surface area contributed by atoms with E-state index in [2.05, 4.69) is 20.9 Å². The Labute approximate surface area is 79.7 Å². The molecule has 0 saturated heterocycles. The number of halogens is 1. The molecule has 1 unspecified atom stereocenters. The van der Waals surface area contributed by atoms with Gasteiger partial charge in [0.2, 0.25) is 0 Å². The molecule has 0 aromatic carbocycles. The van der Waals surface area contributed by atoms with E-state index in [4.69, 9.17) is 10.8 Å². The molecule has 0 aliphatic heterocycles. The molecule has 0 bridgehead atoms. The van der Waals surface area contributed by atoms with E-state index in [0.29, 0.717) is 6.42 Å². The molecule has 3 nitrogen and oxygen atoms in total. The molecule has 1 aromatic heterocycles. The van der Waals surface area contributed by atoms with E-state index in [-0.39, 0.29) is 12.6 Å². The van der Waals surface area contributed by atoms with Crippen LogP contribution in [0.5, 0.6) is 0 Å². The van der Waals surface area contributed by atoms with E-state index in [1.54, 1.807) is 6.20 Å². The van der Waals surface area contributed by atoms with Crippen LogP contribution in [0.25, 0.3) is 0 Å². The van der Waals surface area contributed by atoms with Gasteiger partial charge in [0.25, 0.3) is 0 Å². The second-order valence-corrected chi connectivity index (χ2v) is 3.34. The Morgan fingerprint density at radius 3 is 3.00 bits per heavy atom. The average Bonchev–Trinajstić information content (AvgIpc) is 2.05. The van der Waals surface area contributed by atoms with Crippen LogP contribution in [0.2, 0.25) is 0 Å². The maximum absolute atomic E-state index is 8.66. The molecule has 0 spiro atoms. The van der Waals surface area contributed by atoms with Gasteiger partial charge in [-0.15, -0.1) is 0 Å². The van der Waals surface area contributed by atoms with Crippen molar-refractivity contribution in [3.8, 4) is 0 Å². The van der Waals surface area contributed by atoms with Crippen LogP contribution in [0, 0.1) is 0 Å². The van der Waals surface area contributed by atoms with Crippen molar-refractivity contribution in [1.82, 2.24) is 4.98 Å². The normalized spacial score (nSPS) is 12.9. The van der Waals surface area contributed by atoms with E-state index in [1.165, 1.54) is 0 Å². The largest absolute Gasteiger partial charge is 0.396 e. The van der Waals surface area contributed by atoms with Gasteiger partial charge in [-0.3, -0.25) is 0 Å². The summed E-state index contributed by atoms with van der Waals surface area (Å²) >= 11 is 3.25. The Hall–Kier alpha value is -0.450. The number of nitrogens with zero attached hydrogens (tertiary/aromatic N) is 1. The summed E-state index contributed by atoms with van der Waals surface area (Å²) in [6, 6.07) is 3.61. The fraction of sp³-hybridized carbons (Fsp3) is 0.375. The van der Waals surface area contributed by atoms with Gasteiger partial charge in [-0.05, 0) is 40.0 Å². The quantitative estimate of drug-likeness (QED) is 0.769. The summed E-state index contributed by atoms with van der Waals surface area (Å²) < 4.78 is 0.772. The van der Waals surface area contributed by atoms with Crippen molar-refractivity contribution in [2.45, 2.75) is 12.5 Å². The highest BCUT2D eigenvalue weighted by atomic mass is 79.9. The first-order chi connectivity index (χ1) is 5.74. The molecule has 1 aromatic rings. The summed E-state index contributed by atoms with van der Waals surface area (Å²) in [6.07, 6.45) is 2.27. The maximum atomic E-state index is 8.66. The molecule has 4 heteroatoms. The first kappa shape index (κ1) is 9.64. The van der Waals surface area contributed by atoms with E-state index in [9.17, 15) is 0 Å². The zero-order valence-electron chi connectivity index (χ0n) is 6.57. The first-order valence-electron chi connectivity index (χ1n) is 3.72. The molecule has 0 saturated carbocycles. The summed E-state index contributed by atoms with van der Waals surface area (Å²) in [5, 5.41) is 8.66. The van der Waals surface area contributed by atoms with E-state index in [0.717, 1.165) is 10.2 Å². The lowest BCUT2D eigenvalue weighted by molar-refractivity contribution is 0.276. The fourth-order valence-corrected chi connectivity index (χ4v) is 1.34. The second-order valence-electron chi connectivity index (χ2n) is 2.53. The summed E-state index contributed by atoms with van der Waals surface area (Å²) in [5.41, 5.74) is 6.76. The lowest BCUT2D eigenvalue weighted by Gasteiger charge is -2.09. The Balaban J connectivity index is 2.73. The minimum atomic E-state index is -0.103. The molecule has 1 heterocycles. The minimum absolute atomic E-state index is 0.103. The number of aliphatic hydroxyl groups is 1. The molecule has 1 rings (SSSR count). The molecular weight excluding hydrogens is 220 g/mol. The summed E-state index contributed by atoms with van der Waals surface area (Å²) in [6.45, 7) is 0.112. The molecule has 0 fully saturated rings. The maximum Gasteiger partial charge on any atom is 0.106 e. The Morgan fingerprint density at radius 2 is 2.42 bits per heavy atom. The van der Waals surface area contributed by atoms with Crippen LogP contribution >= 0.6 is 15.9 Å². The summed E-state index contributed by atoms with van der Waals surface area (Å²) in [7, 11) is 0. The standard InChI is InChI=1S/C8H11BrN2O/c9-8-5-6(1-3-11-8)7(10)2-4-12/h1,3,5,7,12H,2,4,10H2. The van der Waals surface area contributed by atoms with Crippen LogP contribution in [-0.4, -0.2) is 16.7 Å². The van der Waals surface area contributed by atoms with Crippen molar-refractivity contribution in [1.29, 1.82) is 0 Å². The van der Waals surface area contributed by atoms with E-state index >= 15 is 0 Å². The molecule has 3 N–H and O–H groups in total. The van der Waals surface area contributed by atoms with Crippen molar-refractivity contribution in [3.05, 3.63) is 28.5 Å².